The zero-order chi connectivity index (χ0) is 8.55. The number of nitrogens with one attached hydrogen (secondary N) is 1. The lowest BCUT2D eigenvalue weighted by atomic mass is 10.2. The van der Waals surface area contributed by atoms with Crippen LogP contribution >= 0.6 is 0 Å². The maximum absolute atomic E-state index is 10.5. The molecule has 1 aromatic rings. The second-order valence-corrected chi connectivity index (χ2v) is 2.48. The summed E-state index contributed by atoms with van der Waals surface area (Å²) in [6.45, 7) is 0.415. The monoisotopic (exact) mass is 165 g/mol. The fourth-order valence-corrected chi connectivity index (χ4v) is 1.12. The lowest BCUT2D eigenvalue weighted by Gasteiger charge is -1.97. The first kappa shape index (κ1) is 6.97. The molecule has 0 atom stereocenters. The van der Waals surface area contributed by atoms with Crippen LogP contribution in [0.5, 0.6) is 5.75 Å². The van der Waals surface area contributed by atoms with Crippen LogP contribution < -0.4 is 10.1 Å². The number of ether oxygens (including phenoxy) is 1. The Kier molecular flexibility index (Phi) is 1.40. The van der Waals surface area contributed by atoms with Gasteiger partial charge in [-0.1, -0.05) is 0 Å². The third kappa shape index (κ3) is 0.972. The molecule has 0 saturated heterocycles. The average Bonchev–Trinajstić information content (AvgIpc) is 2.49. The molecular weight excluding hydrogens is 158 g/mol. The molecule has 4 heteroatoms. The molecule has 0 amide bonds. The molecule has 0 aliphatic carbocycles. The Morgan fingerprint density at radius 3 is 3.17 bits per heavy atom. The average molecular weight is 165 g/mol. The fraction of sp³-hybridized carbons (Fsp3) is 0.125. The van der Waals surface area contributed by atoms with Crippen molar-refractivity contribution in [2.45, 2.75) is 0 Å². The van der Waals surface area contributed by atoms with Gasteiger partial charge in [0.2, 0.25) is 0 Å². The SMILES string of the molecule is O=C(O)c1ccc2c(c1)NCO2. The third-order valence-corrected chi connectivity index (χ3v) is 1.72. The summed E-state index contributed by atoms with van der Waals surface area (Å²) < 4.78 is 5.13. The van der Waals surface area contributed by atoms with Crippen molar-refractivity contribution in [2.75, 3.05) is 12.0 Å². The van der Waals surface area contributed by atoms with E-state index in [1.54, 1.807) is 12.1 Å². The van der Waals surface area contributed by atoms with Gasteiger partial charge < -0.3 is 15.2 Å². The van der Waals surface area contributed by atoms with Crippen LogP contribution in [-0.2, 0) is 0 Å². The largest absolute Gasteiger partial charge is 0.478 e. The van der Waals surface area contributed by atoms with Gasteiger partial charge in [0.1, 0.15) is 5.75 Å². The number of anilines is 1. The summed E-state index contributed by atoms with van der Waals surface area (Å²) in [6, 6.07) is 4.73. The molecule has 1 aromatic carbocycles. The number of rotatable bonds is 1. The van der Waals surface area contributed by atoms with Crippen molar-refractivity contribution in [1.29, 1.82) is 0 Å². The highest BCUT2D eigenvalue weighted by atomic mass is 16.5. The molecule has 0 saturated carbocycles. The Hall–Kier alpha value is -1.71. The van der Waals surface area contributed by atoms with Crippen molar-refractivity contribution in [1.82, 2.24) is 0 Å². The van der Waals surface area contributed by atoms with Gasteiger partial charge in [0, 0.05) is 0 Å². The Labute approximate surface area is 68.8 Å². The molecule has 0 spiro atoms. The molecule has 4 nitrogen and oxygen atoms in total. The van der Waals surface area contributed by atoms with Crippen LogP contribution in [0, 0.1) is 0 Å². The quantitative estimate of drug-likeness (QED) is 0.655. The molecule has 1 heterocycles. The summed E-state index contributed by atoms with van der Waals surface area (Å²) in [5.74, 6) is -0.216. The second-order valence-electron chi connectivity index (χ2n) is 2.48. The topological polar surface area (TPSA) is 58.6 Å². The lowest BCUT2D eigenvalue weighted by Crippen LogP contribution is -1.97. The zero-order valence-electron chi connectivity index (χ0n) is 6.20. The van der Waals surface area contributed by atoms with Gasteiger partial charge in [-0.2, -0.15) is 0 Å². The maximum Gasteiger partial charge on any atom is 0.335 e. The van der Waals surface area contributed by atoms with E-state index in [9.17, 15) is 4.79 Å². The molecule has 0 fully saturated rings. The van der Waals surface area contributed by atoms with Gasteiger partial charge in [-0.15, -0.1) is 0 Å². The van der Waals surface area contributed by atoms with Gasteiger partial charge >= 0.3 is 5.97 Å². The van der Waals surface area contributed by atoms with Crippen molar-refractivity contribution in [3.63, 3.8) is 0 Å². The zero-order valence-corrected chi connectivity index (χ0v) is 6.20. The van der Waals surface area contributed by atoms with Crippen molar-refractivity contribution < 1.29 is 14.6 Å². The normalized spacial score (nSPS) is 13.0. The smallest absolute Gasteiger partial charge is 0.335 e. The molecule has 62 valence electrons. The molecule has 0 radical (unpaired) electrons. The predicted octanol–water partition coefficient (Wildman–Crippen LogP) is 1.15. The Morgan fingerprint density at radius 1 is 1.58 bits per heavy atom. The molecular formula is C8H7NO3. The van der Waals surface area contributed by atoms with Gasteiger partial charge in [-0.25, -0.2) is 4.79 Å². The minimum Gasteiger partial charge on any atom is -0.478 e. The maximum atomic E-state index is 10.5. The van der Waals surface area contributed by atoms with E-state index in [4.69, 9.17) is 9.84 Å². The van der Waals surface area contributed by atoms with Crippen molar-refractivity contribution in [2.24, 2.45) is 0 Å². The summed E-state index contributed by atoms with van der Waals surface area (Å²) in [5, 5.41) is 11.6. The van der Waals surface area contributed by atoms with Crippen molar-refractivity contribution >= 4 is 11.7 Å². The number of hydrogen-bond donors (Lipinski definition) is 2. The van der Waals surface area contributed by atoms with Crippen LogP contribution in [-0.4, -0.2) is 17.8 Å². The minimum absolute atomic E-state index is 0.270. The van der Waals surface area contributed by atoms with E-state index < -0.39 is 5.97 Å². The summed E-state index contributed by atoms with van der Waals surface area (Å²) in [5.41, 5.74) is 1.02. The van der Waals surface area contributed by atoms with Crippen LogP contribution in [0.4, 0.5) is 5.69 Å². The van der Waals surface area contributed by atoms with Crippen LogP contribution in [0.25, 0.3) is 0 Å². The van der Waals surface area contributed by atoms with E-state index in [0.717, 1.165) is 5.69 Å². The molecule has 1 aliphatic heterocycles. The summed E-state index contributed by atoms with van der Waals surface area (Å²) in [4.78, 5) is 10.5. The van der Waals surface area contributed by atoms with E-state index in [2.05, 4.69) is 5.32 Å². The van der Waals surface area contributed by atoms with Gasteiger partial charge in [0.25, 0.3) is 0 Å². The Balaban J connectivity index is 2.45. The van der Waals surface area contributed by atoms with Crippen molar-refractivity contribution in [3.05, 3.63) is 23.8 Å². The summed E-state index contributed by atoms with van der Waals surface area (Å²) in [6.07, 6.45) is 0. The standard InChI is InChI=1S/C8H7NO3/c10-8(11)5-1-2-7-6(3-5)9-4-12-7/h1-3,9H,4H2,(H,10,11). The molecule has 1 aliphatic rings. The number of benzene rings is 1. The molecule has 0 bridgehead atoms. The van der Waals surface area contributed by atoms with E-state index in [1.807, 2.05) is 0 Å². The van der Waals surface area contributed by atoms with Gasteiger partial charge in [0.15, 0.2) is 6.73 Å². The van der Waals surface area contributed by atoms with Crippen LogP contribution in [0.3, 0.4) is 0 Å². The molecule has 0 unspecified atom stereocenters. The number of aromatic carboxylic acids is 1. The number of hydrogen-bond acceptors (Lipinski definition) is 3. The minimum atomic E-state index is -0.925. The number of carboxylic acids is 1. The van der Waals surface area contributed by atoms with Crippen LogP contribution in [0.15, 0.2) is 18.2 Å². The number of carboxylic acid groups (broad SMARTS) is 1. The van der Waals surface area contributed by atoms with Gasteiger partial charge in [-0.3, -0.25) is 0 Å². The van der Waals surface area contributed by atoms with E-state index >= 15 is 0 Å². The molecule has 0 aromatic heterocycles. The van der Waals surface area contributed by atoms with Gasteiger partial charge in [0.05, 0.1) is 11.3 Å². The highest BCUT2D eigenvalue weighted by molar-refractivity contribution is 5.89. The van der Waals surface area contributed by atoms with E-state index in [0.29, 0.717) is 12.5 Å². The fourth-order valence-electron chi connectivity index (χ4n) is 1.12. The molecule has 2 N–H and O–H groups in total. The molecule has 12 heavy (non-hydrogen) atoms. The highest BCUT2D eigenvalue weighted by Gasteiger charge is 2.13. The highest BCUT2D eigenvalue weighted by Crippen LogP contribution is 2.29. The molecule has 2 rings (SSSR count). The first-order valence-electron chi connectivity index (χ1n) is 3.51. The summed E-state index contributed by atoms with van der Waals surface area (Å²) >= 11 is 0. The van der Waals surface area contributed by atoms with E-state index in [-0.39, 0.29) is 5.56 Å². The first-order chi connectivity index (χ1) is 5.77. The first-order valence-corrected chi connectivity index (χ1v) is 3.51. The lowest BCUT2D eigenvalue weighted by molar-refractivity contribution is 0.0697. The van der Waals surface area contributed by atoms with Crippen LogP contribution in [0.2, 0.25) is 0 Å². The van der Waals surface area contributed by atoms with E-state index in [1.165, 1.54) is 6.07 Å². The van der Waals surface area contributed by atoms with Crippen molar-refractivity contribution in [3.8, 4) is 5.75 Å². The number of carbonyl (C=O) groups is 1. The van der Waals surface area contributed by atoms with Gasteiger partial charge in [-0.05, 0) is 18.2 Å². The van der Waals surface area contributed by atoms with Crippen LogP contribution in [0.1, 0.15) is 10.4 Å². The summed E-state index contributed by atoms with van der Waals surface area (Å²) in [7, 11) is 0. The number of fused-ring (bicyclic) bond motifs is 1. The Morgan fingerprint density at radius 2 is 2.42 bits per heavy atom. The third-order valence-electron chi connectivity index (χ3n) is 1.72. The Bertz CT molecular complexity index is 335. The second kappa shape index (κ2) is 2.41. The predicted molar refractivity (Wildman–Crippen MR) is 42.5 cm³/mol.